The average molecular weight is 603 g/mol. The molecular weight excluding hydrogens is 528 g/mol. The zero-order chi connectivity index (χ0) is 31.4. The van der Waals surface area contributed by atoms with Gasteiger partial charge in [-0.25, -0.2) is 0 Å². The van der Waals surface area contributed by atoms with Crippen LogP contribution in [0.25, 0.3) is 0 Å². The van der Waals surface area contributed by atoms with Crippen molar-refractivity contribution in [1.29, 1.82) is 0 Å². The SMILES string of the molecule is CCCC(CCCCCCCCCC(OC)(OC)OC)CCCCC(C)CCCCCCCCCC(OC)(OC)OC. The van der Waals surface area contributed by atoms with Gasteiger partial charge >= 0.3 is 0 Å². The zero-order valence-electron chi connectivity index (χ0n) is 29.6. The third kappa shape index (κ3) is 20.7. The van der Waals surface area contributed by atoms with E-state index < -0.39 is 11.9 Å². The van der Waals surface area contributed by atoms with Gasteiger partial charge in [0, 0.05) is 55.5 Å². The molecule has 6 nitrogen and oxygen atoms in total. The molecule has 0 N–H and O–H groups in total. The fourth-order valence-corrected chi connectivity index (χ4v) is 6.40. The molecule has 0 spiro atoms. The second kappa shape index (κ2) is 28.2. The largest absolute Gasteiger partial charge is 0.331 e. The second-order valence-corrected chi connectivity index (χ2v) is 12.7. The van der Waals surface area contributed by atoms with E-state index in [1.165, 1.54) is 128 Å². The molecule has 0 fully saturated rings. The quantitative estimate of drug-likeness (QED) is 0.0550. The topological polar surface area (TPSA) is 55.4 Å². The average Bonchev–Trinajstić information content (AvgIpc) is 3.02. The number of ether oxygens (including phenoxy) is 6. The van der Waals surface area contributed by atoms with Crippen molar-refractivity contribution < 1.29 is 28.4 Å². The number of hydrogen-bond donors (Lipinski definition) is 0. The Labute approximate surface area is 262 Å². The van der Waals surface area contributed by atoms with Gasteiger partial charge in [0.1, 0.15) is 0 Å². The highest BCUT2D eigenvalue weighted by Gasteiger charge is 2.29. The van der Waals surface area contributed by atoms with Crippen LogP contribution in [-0.4, -0.2) is 54.6 Å². The van der Waals surface area contributed by atoms with Gasteiger partial charge in [0.05, 0.1) is 0 Å². The fourth-order valence-electron chi connectivity index (χ4n) is 6.40. The van der Waals surface area contributed by atoms with Crippen LogP contribution in [0.3, 0.4) is 0 Å². The second-order valence-electron chi connectivity index (χ2n) is 12.7. The zero-order valence-corrected chi connectivity index (χ0v) is 29.6. The summed E-state index contributed by atoms with van der Waals surface area (Å²) in [5.41, 5.74) is 0. The van der Waals surface area contributed by atoms with Crippen LogP contribution in [0.5, 0.6) is 0 Å². The molecule has 0 aromatic rings. The van der Waals surface area contributed by atoms with Gasteiger partial charge in [-0.15, -0.1) is 0 Å². The summed E-state index contributed by atoms with van der Waals surface area (Å²) in [5.74, 6) is 0.117. The Kier molecular flexibility index (Phi) is 28.1. The summed E-state index contributed by atoms with van der Waals surface area (Å²) in [5, 5.41) is 0. The van der Waals surface area contributed by atoms with Crippen LogP contribution in [0.15, 0.2) is 0 Å². The van der Waals surface area contributed by atoms with Crippen molar-refractivity contribution >= 4 is 0 Å². The van der Waals surface area contributed by atoms with Crippen molar-refractivity contribution in [2.24, 2.45) is 11.8 Å². The molecule has 2 unspecified atom stereocenters. The lowest BCUT2D eigenvalue weighted by Crippen LogP contribution is -2.35. The van der Waals surface area contributed by atoms with Gasteiger partial charge in [0.15, 0.2) is 0 Å². The number of unbranched alkanes of at least 4 members (excludes halogenated alkanes) is 13. The third-order valence-corrected chi connectivity index (χ3v) is 9.40. The lowest BCUT2D eigenvalue weighted by atomic mass is 9.89. The minimum atomic E-state index is -0.859. The minimum absolute atomic E-state index is 0.788. The molecular formula is C36H74O6. The summed E-state index contributed by atoms with van der Waals surface area (Å²) in [6.07, 6.45) is 31.1. The van der Waals surface area contributed by atoms with Gasteiger partial charge in [-0.1, -0.05) is 142 Å². The molecule has 0 aromatic heterocycles. The lowest BCUT2D eigenvalue weighted by molar-refractivity contribution is -0.355. The van der Waals surface area contributed by atoms with Crippen LogP contribution in [0.1, 0.15) is 168 Å². The molecule has 0 aliphatic carbocycles. The van der Waals surface area contributed by atoms with E-state index >= 15 is 0 Å². The molecule has 0 amide bonds. The van der Waals surface area contributed by atoms with E-state index in [1.54, 1.807) is 42.7 Å². The summed E-state index contributed by atoms with van der Waals surface area (Å²) in [6, 6.07) is 0. The Morgan fingerprint density at radius 3 is 1.02 bits per heavy atom. The van der Waals surface area contributed by atoms with Crippen molar-refractivity contribution in [3.8, 4) is 0 Å². The first kappa shape index (κ1) is 41.8. The normalized spacial score (nSPS) is 14.0. The van der Waals surface area contributed by atoms with E-state index in [2.05, 4.69) is 13.8 Å². The molecule has 0 rings (SSSR count). The van der Waals surface area contributed by atoms with Crippen LogP contribution in [0.4, 0.5) is 0 Å². The Morgan fingerprint density at radius 1 is 0.381 bits per heavy atom. The molecule has 0 aliphatic rings. The Balaban J connectivity index is 3.72. The molecule has 254 valence electrons. The van der Waals surface area contributed by atoms with Gasteiger partial charge in [0.2, 0.25) is 0 Å². The summed E-state index contributed by atoms with van der Waals surface area (Å²) in [6.45, 7) is 4.83. The first-order valence-electron chi connectivity index (χ1n) is 17.7. The first-order valence-corrected chi connectivity index (χ1v) is 17.7. The maximum Gasteiger partial charge on any atom is 0.282 e. The van der Waals surface area contributed by atoms with Crippen molar-refractivity contribution in [3.05, 3.63) is 0 Å². The van der Waals surface area contributed by atoms with E-state index in [4.69, 9.17) is 28.4 Å². The van der Waals surface area contributed by atoms with Crippen molar-refractivity contribution in [2.45, 2.75) is 180 Å². The van der Waals surface area contributed by atoms with E-state index in [-0.39, 0.29) is 0 Å². The summed E-state index contributed by atoms with van der Waals surface area (Å²) >= 11 is 0. The van der Waals surface area contributed by atoms with Crippen LogP contribution < -0.4 is 0 Å². The number of hydrogen-bond acceptors (Lipinski definition) is 6. The smallest absolute Gasteiger partial charge is 0.282 e. The van der Waals surface area contributed by atoms with Crippen molar-refractivity contribution in [1.82, 2.24) is 0 Å². The minimum Gasteiger partial charge on any atom is -0.331 e. The van der Waals surface area contributed by atoms with Crippen molar-refractivity contribution in [2.75, 3.05) is 42.7 Å². The Bertz CT molecular complexity index is 532. The van der Waals surface area contributed by atoms with Crippen LogP contribution >= 0.6 is 0 Å². The summed E-state index contributed by atoms with van der Waals surface area (Å²) in [4.78, 5) is 0. The van der Waals surface area contributed by atoms with Crippen LogP contribution in [0, 0.1) is 11.8 Å². The number of rotatable bonds is 33. The molecule has 0 saturated heterocycles. The standard InChI is InChI=1S/C36H74O6/c1-9-26-34(29-21-17-13-11-15-19-25-32-36(40-6,41-7)42-8)30-23-22-28-33(2)27-20-16-12-10-14-18-24-31-35(37-3,38-4)39-5/h33-34H,9-32H2,1-8H3. The maximum atomic E-state index is 5.38. The fraction of sp³-hybridized carbons (Fsp3) is 1.00. The molecule has 0 saturated carbocycles. The highest BCUT2D eigenvalue weighted by molar-refractivity contribution is 4.63. The summed E-state index contributed by atoms with van der Waals surface area (Å²) < 4.78 is 32.3. The molecule has 2 atom stereocenters. The van der Waals surface area contributed by atoms with Gasteiger partial charge in [0.25, 0.3) is 11.9 Å². The highest BCUT2D eigenvalue weighted by Crippen LogP contribution is 2.26. The van der Waals surface area contributed by atoms with Gasteiger partial charge in [-0.2, -0.15) is 0 Å². The molecule has 0 heterocycles. The van der Waals surface area contributed by atoms with E-state index in [1.807, 2.05) is 0 Å². The molecule has 42 heavy (non-hydrogen) atoms. The van der Waals surface area contributed by atoms with Gasteiger partial charge in [-0.3, -0.25) is 0 Å². The number of methoxy groups -OCH3 is 6. The van der Waals surface area contributed by atoms with E-state index in [9.17, 15) is 0 Å². The first-order chi connectivity index (χ1) is 20.4. The van der Waals surface area contributed by atoms with Crippen molar-refractivity contribution in [3.63, 3.8) is 0 Å². The van der Waals surface area contributed by atoms with Crippen LogP contribution in [0.2, 0.25) is 0 Å². The summed E-state index contributed by atoms with van der Waals surface area (Å²) in [7, 11) is 9.87. The highest BCUT2D eigenvalue weighted by atomic mass is 16.9. The molecule has 6 heteroatoms. The van der Waals surface area contributed by atoms with Gasteiger partial charge < -0.3 is 28.4 Å². The van der Waals surface area contributed by atoms with E-state index in [0.29, 0.717) is 0 Å². The maximum absolute atomic E-state index is 5.38. The molecule has 0 aliphatic heterocycles. The third-order valence-electron chi connectivity index (χ3n) is 9.40. The predicted octanol–water partition coefficient (Wildman–Crippen LogP) is 10.8. The Morgan fingerprint density at radius 2 is 0.667 bits per heavy atom. The molecule has 0 radical (unpaired) electrons. The Hall–Kier alpha value is -0.240. The lowest BCUT2D eigenvalue weighted by Gasteiger charge is -2.28. The van der Waals surface area contributed by atoms with Crippen LogP contribution in [-0.2, 0) is 28.4 Å². The molecule has 0 aromatic carbocycles. The molecule has 0 bridgehead atoms. The van der Waals surface area contributed by atoms with Gasteiger partial charge in [-0.05, 0) is 24.7 Å². The van der Waals surface area contributed by atoms with E-state index in [0.717, 1.165) is 37.5 Å². The predicted molar refractivity (Wildman–Crippen MR) is 177 cm³/mol. The monoisotopic (exact) mass is 603 g/mol.